The summed E-state index contributed by atoms with van der Waals surface area (Å²) in [6, 6.07) is 20.0. The minimum atomic E-state index is -0.208. The second-order valence-electron chi connectivity index (χ2n) is 8.03. The van der Waals surface area contributed by atoms with Gasteiger partial charge in [0.2, 0.25) is 5.89 Å². The fraction of sp³-hybridized carbons (Fsp3) is 0.280. The van der Waals surface area contributed by atoms with Gasteiger partial charge in [0.05, 0.1) is 12.2 Å². The van der Waals surface area contributed by atoms with Crippen molar-refractivity contribution < 1.29 is 9.32 Å². The number of rotatable bonds is 6. The highest BCUT2D eigenvalue weighted by molar-refractivity contribution is 5.94. The summed E-state index contributed by atoms with van der Waals surface area (Å²) < 4.78 is 7.26. The maximum Gasteiger partial charge on any atom is 0.272 e. The lowest BCUT2D eigenvalue weighted by Crippen LogP contribution is -2.24. The van der Waals surface area contributed by atoms with E-state index in [9.17, 15) is 4.79 Å². The van der Waals surface area contributed by atoms with Crippen LogP contribution in [0.1, 0.15) is 58.3 Å². The van der Waals surface area contributed by atoms with E-state index in [0.717, 1.165) is 54.6 Å². The first-order chi connectivity index (χ1) is 15.8. The van der Waals surface area contributed by atoms with Crippen molar-refractivity contribution in [2.75, 3.05) is 0 Å². The van der Waals surface area contributed by atoms with Crippen molar-refractivity contribution in [2.45, 2.75) is 45.1 Å². The Balaban J connectivity index is 1.32. The molecule has 1 aliphatic carbocycles. The van der Waals surface area contributed by atoms with Gasteiger partial charge in [-0.05, 0) is 43.4 Å². The van der Waals surface area contributed by atoms with Crippen LogP contribution in [0.4, 0.5) is 0 Å². The maximum absolute atomic E-state index is 13.1. The highest BCUT2D eigenvalue weighted by Crippen LogP contribution is 2.26. The third kappa shape index (κ3) is 4.32. The lowest BCUT2D eigenvalue weighted by atomic mass is 10.1. The summed E-state index contributed by atoms with van der Waals surface area (Å²) in [5, 5.41) is 11.7. The molecule has 1 aliphatic rings. The molecule has 0 bridgehead atoms. The lowest BCUT2D eigenvalue weighted by Gasteiger charge is -2.06. The number of fused-ring (bicyclic) bond motifs is 1. The van der Waals surface area contributed by atoms with Crippen LogP contribution in [0.3, 0.4) is 0 Å². The van der Waals surface area contributed by atoms with Crippen LogP contribution in [0.5, 0.6) is 0 Å². The number of benzene rings is 2. The Morgan fingerprint density at radius 1 is 0.969 bits per heavy atom. The van der Waals surface area contributed by atoms with E-state index in [0.29, 0.717) is 23.8 Å². The minimum Gasteiger partial charge on any atom is -0.342 e. The van der Waals surface area contributed by atoms with Gasteiger partial charge in [-0.3, -0.25) is 4.79 Å². The second kappa shape index (κ2) is 9.18. The molecule has 2 aromatic carbocycles. The van der Waals surface area contributed by atoms with Gasteiger partial charge < -0.3 is 9.84 Å². The third-order valence-electron chi connectivity index (χ3n) is 5.76. The maximum atomic E-state index is 13.1. The fourth-order valence-electron chi connectivity index (χ4n) is 4.19. The molecule has 0 aliphatic heterocycles. The molecule has 1 N–H and O–H groups in total. The van der Waals surface area contributed by atoms with Gasteiger partial charge in [0.15, 0.2) is 11.5 Å². The number of carbonyl (C=O) groups excluding carboxylic acids is 1. The van der Waals surface area contributed by atoms with Gasteiger partial charge in [-0.25, -0.2) is 4.68 Å². The predicted octanol–water partition coefficient (Wildman–Crippen LogP) is 4.05. The highest BCUT2D eigenvalue weighted by Gasteiger charge is 2.25. The number of hydrogen-bond donors (Lipinski definition) is 1. The number of hydrogen-bond acceptors (Lipinski definition) is 5. The fourth-order valence-corrected chi connectivity index (χ4v) is 4.19. The Morgan fingerprint density at radius 3 is 2.53 bits per heavy atom. The van der Waals surface area contributed by atoms with Crippen LogP contribution in [0, 0.1) is 0 Å². The zero-order valence-corrected chi connectivity index (χ0v) is 17.8. The second-order valence-corrected chi connectivity index (χ2v) is 8.03. The number of nitrogens with one attached hydrogen (secondary N) is 1. The van der Waals surface area contributed by atoms with Crippen LogP contribution in [-0.4, -0.2) is 25.8 Å². The molecule has 0 radical (unpaired) electrons. The monoisotopic (exact) mass is 427 g/mol. The van der Waals surface area contributed by atoms with Crippen LogP contribution < -0.4 is 5.32 Å². The van der Waals surface area contributed by atoms with Crippen molar-refractivity contribution in [3.05, 3.63) is 94.9 Å². The lowest BCUT2D eigenvalue weighted by molar-refractivity contribution is 0.0940. The first kappa shape index (κ1) is 20.2. The van der Waals surface area contributed by atoms with Crippen molar-refractivity contribution in [3.63, 3.8) is 0 Å². The van der Waals surface area contributed by atoms with E-state index in [2.05, 4.69) is 15.5 Å². The first-order valence-corrected chi connectivity index (χ1v) is 11.1. The van der Waals surface area contributed by atoms with Crippen molar-refractivity contribution >= 4 is 5.91 Å². The predicted molar refractivity (Wildman–Crippen MR) is 120 cm³/mol. The van der Waals surface area contributed by atoms with E-state index in [1.54, 1.807) is 0 Å². The highest BCUT2D eigenvalue weighted by atomic mass is 16.5. The van der Waals surface area contributed by atoms with Crippen molar-refractivity contribution in [1.29, 1.82) is 0 Å². The van der Waals surface area contributed by atoms with Crippen LogP contribution in [0.25, 0.3) is 5.69 Å². The van der Waals surface area contributed by atoms with Gasteiger partial charge >= 0.3 is 0 Å². The molecule has 0 fully saturated rings. The molecular weight excluding hydrogens is 402 g/mol. The van der Waals surface area contributed by atoms with Gasteiger partial charge in [-0.1, -0.05) is 60.1 Å². The summed E-state index contributed by atoms with van der Waals surface area (Å²) in [6.07, 6.45) is 5.73. The Labute approximate surface area is 186 Å². The van der Waals surface area contributed by atoms with Crippen LogP contribution in [-0.2, 0) is 25.8 Å². The smallest absolute Gasteiger partial charge is 0.272 e. The van der Waals surface area contributed by atoms with Gasteiger partial charge in [-0.15, -0.1) is 0 Å². The molecule has 7 nitrogen and oxygen atoms in total. The largest absolute Gasteiger partial charge is 0.342 e. The molecule has 0 saturated heterocycles. The number of para-hydroxylation sites is 1. The van der Waals surface area contributed by atoms with Crippen molar-refractivity contribution in [2.24, 2.45) is 0 Å². The average molecular weight is 428 g/mol. The van der Waals surface area contributed by atoms with E-state index < -0.39 is 0 Å². The van der Waals surface area contributed by atoms with E-state index in [4.69, 9.17) is 9.62 Å². The summed E-state index contributed by atoms with van der Waals surface area (Å²) in [5.74, 6) is 0.779. The molecular formula is C25H25N5O2. The Bertz CT molecular complexity index is 1200. The third-order valence-corrected chi connectivity index (χ3v) is 5.76. The molecule has 4 aromatic rings. The summed E-state index contributed by atoms with van der Waals surface area (Å²) in [7, 11) is 0. The van der Waals surface area contributed by atoms with E-state index in [-0.39, 0.29) is 12.5 Å². The Hall–Kier alpha value is -3.74. The van der Waals surface area contributed by atoms with Gasteiger partial charge in [0, 0.05) is 17.7 Å². The summed E-state index contributed by atoms with van der Waals surface area (Å²) in [5.41, 5.74) is 4.78. The molecule has 0 atom stereocenters. The number of carbonyl (C=O) groups is 1. The van der Waals surface area contributed by atoms with Gasteiger partial charge in [-0.2, -0.15) is 10.1 Å². The van der Waals surface area contributed by atoms with E-state index >= 15 is 0 Å². The first-order valence-electron chi connectivity index (χ1n) is 11.1. The number of nitrogens with zero attached hydrogens (tertiary/aromatic N) is 4. The molecule has 0 unspecified atom stereocenters. The van der Waals surface area contributed by atoms with Crippen LogP contribution >= 0.6 is 0 Å². The Morgan fingerprint density at radius 2 is 1.72 bits per heavy atom. The zero-order chi connectivity index (χ0) is 21.8. The standard InChI is InChI=1S/C25H25N5O2/c31-25(26-17-23-27-22(29-32-23)16-18-10-4-1-5-11-18)24-20-14-8-3-9-15-21(20)30(28-24)19-12-6-2-7-13-19/h1-2,4-7,10-13H,3,8-9,14-17H2,(H,26,31). The topological polar surface area (TPSA) is 85.8 Å². The van der Waals surface area contributed by atoms with Crippen molar-refractivity contribution in [1.82, 2.24) is 25.2 Å². The molecule has 0 spiro atoms. The summed E-state index contributed by atoms with van der Waals surface area (Å²) in [4.78, 5) is 17.5. The molecule has 5 rings (SSSR count). The molecule has 32 heavy (non-hydrogen) atoms. The average Bonchev–Trinajstić information content (AvgIpc) is 3.35. The SMILES string of the molecule is O=C(NCc1nc(Cc2ccccc2)no1)c1nn(-c2ccccc2)c2c1CCCCC2. The summed E-state index contributed by atoms with van der Waals surface area (Å²) >= 11 is 0. The molecule has 0 saturated carbocycles. The number of amides is 1. The van der Waals surface area contributed by atoms with Gasteiger partial charge in [0.1, 0.15) is 0 Å². The van der Waals surface area contributed by atoms with Gasteiger partial charge in [0.25, 0.3) is 5.91 Å². The van der Waals surface area contributed by atoms with Crippen LogP contribution in [0.2, 0.25) is 0 Å². The van der Waals surface area contributed by atoms with E-state index in [1.807, 2.05) is 65.3 Å². The molecule has 1 amide bonds. The van der Waals surface area contributed by atoms with Crippen molar-refractivity contribution in [3.8, 4) is 5.69 Å². The quantitative estimate of drug-likeness (QED) is 0.469. The normalized spacial score (nSPS) is 13.4. The number of aromatic nitrogens is 4. The molecule has 162 valence electrons. The van der Waals surface area contributed by atoms with E-state index in [1.165, 1.54) is 0 Å². The minimum absolute atomic E-state index is 0.174. The Kier molecular flexibility index (Phi) is 5.79. The molecule has 7 heteroatoms. The summed E-state index contributed by atoms with van der Waals surface area (Å²) in [6.45, 7) is 0.174. The molecule has 2 heterocycles. The zero-order valence-electron chi connectivity index (χ0n) is 17.8. The van der Waals surface area contributed by atoms with Crippen LogP contribution in [0.15, 0.2) is 65.2 Å². The molecule has 2 aromatic heterocycles.